The number of aromatic carboxylic acids is 1. The minimum absolute atomic E-state index is 0.0486. The monoisotopic (exact) mass is 247 g/mol. The number of aromatic nitrogens is 3. The zero-order chi connectivity index (χ0) is 12.7. The number of imidazole rings is 1. The molecule has 6 nitrogen and oxygen atoms in total. The number of aromatic amines is 1. The van der Waals surface area contributed by atoms with Crippen molar-refractivity contribution < 1.29 is 14.6 Å². The number of pyridine rings is 1. The highest BCUT2D eigenvalue weighted by Crippen LogP contribution is 2.33. The lowest BCUT2D eigenvalue weighted by molar-refractivity contribution is 0.0696. The summed E-state index contributed by atoms with van der Waals surface area (Å²) in [6.45, 7) is 2.84. The van der Waals surface area contributed by atoms with Gasteiger partial charge in [-0.25, -0.2) is 14.8 Å². The second-order valence-electron chi connectivity index (χ2n) is 4.58. The molecular formula is C12H13N3O3. The molecule has 94 valence electrons. The molecule has 0 amide bonds. The number of carboxylic acids is 1. The summed E-state index contributed by atoms with van der Waals surface area (Å²) in [5.41, 5.74) is 1.31. The van der Waals surface area contributed by atoms with Crippen LogP contribution in [0, 0.1) is 5.92 Å². The number of carboxylic acid groups (broad SMARTS) is 1. The molecule has 0 spiro atoms. The van der Waals surface area contributed by atoms with Crippen LogP contribution in [0.15, 0.2) is 12.3 Å². The molecule has 1 aliphatic rings. The number of fused-ring (bicyclic) bond motifs is 1. The van der Waals surface area contributed by atoms with Crippen molar-refractivity contribution in [2.75, 3.05) is 6.61 Å². The Balaban J connectivity index is 2.02. The molecule has 2 aromatic rings. The maximum absolute atomic E-state index is 10.9. The Labute approximate surface area is 103 Å². The average Bonchev–Trinajstić information content (AvgIpc) is 2.92. The summed E-state index contributed by atoms with van der Waals surface area (Å²) in [5, 5.41) is 8.91. The number of nitrogens with zero attached hydrogens (tertiary/aromatic N) is 2. The highest BCUT2D eigenvalue weighted by Gasteiger charge is 2.28. The Morgan fingerprint density at radius 1 is 1.61 bits per heavy atom. The third kappa shape index (κ3) is 1.74. The van der Waals surface area contributed by atoms with Crippen LogP contribution in [-0.4, -0.2) is 32.6 Å². The minimum Gasteiger partial charge on any atom is -0.478 e. The number of nitrogens with one attached hydrogen (secondary N) is 1. The van der Waals surface area contributed by atoms with Crippen LogP contribution >= 0.6 is 0 Å². The lowest BCUT2D eigenvalue weighted by Crippen LogP contribution is -2.05. The SMILES string of the molecule is CC1CCOC1c1nc2ncc(C(=O)O)cc2[nH]1. The van der Waals surface area contributed by atoms with Gasteiger partial charge in [0, 0.05) is 12.8 Å². The zero-order valence-electron chi connectivity index (χ0n) is 9.88. The first-order chi connectivity index (χ1) is 8.65. The topological polar surface area (TPSA) is 88.1 Å². The summed E-state index contributed by atoms with van der Waals surface area (Å²) in [6.07, 6.45) is 2.27. The van der Waals surface area contributed by atoms with Gasteiger partial charge in [-0.1, -0.05) is 6.92 Å². The predicted octanol–water partition coefficient (Wildman–Crippen LogP) is 1.75. The molecule has 2 atom stereocenters. The summed E-state index contributed by atoms with van der Waals surface area (Å²) in [7, 11) is 0. The lowest BCUT2D eigenvalue weighted by Gasteiger charge is -2.10. The second kappa shape index (κ2) is 4.06. The molecule has 0 aliphatic carbocycles. The van der Waals surface area contributed by atoms with Crippen LogP contribution in [0.4, 0.5) is 0 Å². The van der Waals surface area contributed by atoms with Gasteiger partial charge in [-0.3, -0.25) is 0 Å². The third-order valence-corrected chi connectivity index (χ3v) is 3.26. The summed E-state index contributed by atoms with van der Waals surface area (Å²) in [4.78, 5) is 22.4. The van der Waals surface area contributed by atoms with E-state index in [9.17, 15) is 4.79 Å². The lowest BCUT2D eigenvalue weighted by atomic mass is 10.0. The summed E-state index contributed by atoms with van der Waals surface area (Å²) in [5.74, 6) is 0.139. The zero-order valence-corrected chi connectivity index (χ0v) is 9.88. The molecule has 2 aromatic heterocycles. The minimum atomic E-state index is -0.994. The fourth-order valence-electron chi connectivity index (χ4n) is 2.22. The molecule has 3 heterocycles. The highest BCUT2D eigenvalue weighted by molar-refractivity contribution is 5.90. The van der Waals surface area contributed by atoms with E-state index in [4.69, 9.17) is 9.84 Å². The second-order valence-corrected chi connectivity index (χ2v) is 4.58. The van der Waals surface area contributed by atoms with Crippen LogP contribution in [0.25, 0.3) is 11.2 Å². The first kappa shape index (κ1) is 11.2. The Hall–Kier alpha value is -1.95. The Bertz CT molecular complexity index is 608. The number of rotatable bonds is 2. The smallest absolute Gasteiger partial charge is 0.337 e. The van der Waals surface area contributed by atoms with Gasteiger partial charge in [-0.2, -0.15) is 0 Å². The average molecular weight is 247 g/mol. The highest BCUT2D eigenvalue weighted by atomic mass is 16.5. The number of H-pyrrole nitrogens is 1. The molecule has 0 bridgehead atoms. The molecule has 0 radical (unpaired) electrons. The maximum Gasteiger partial charge on any atom is 0.337 e. The van der Waals surface area contributed by atoms with Crippen molar-refractivity contribution in [3.8, 4) is 0 Å². The van der Waals surface area contributed by atoms with E-state index in [1.54, 1.807) is 6.07 Å². The van der Waals surface area contributed by atoms with Crippen molar-refractivity contribution in [3.63, 3.8) is 0 Å². The summed E-state index contributed by atoms with van der Waals surface area (Å²) in [6, 6.07) is 1.54. The van der Waals surface area contributed by atoms with Crippen LogP contribution in [0.3, 0.4) is 0 Å². The van der Waals surface area contributed by atoms with Crippen molar-refractivity contribution in [3.05, 3.63) is 23.7 Å². The Morgan fingerprint density at radius 3 is 3.11 bits per heavy atom. The third-order valence-electron chi connectivity index (χ3n) is 3.26. The van der Waals surface area contributed by atoms with Crippen molar-refractivity contribution in [1.29, 1.82) is 0 Å². The molecule has 0 aromatic carbocycles. The molecular weight excluding hydrogens is 234 g/mol. The van der Waals surface area contributed by atoms with Gasteiger partial charge in [-0.15, -0.1) is 0 Å². The van der Waals surface area contributed by atoms with Gasteiger partial charge in [-0.05, 0) is 18.4 Å². The van der Waals surface area contributed by atoms with Crippen LogP contribution in [-0.2, 0) is 4.74 Å². The Kier molecular flexibility index (Phi) is 2.52. The standard InChI is InChI=1S/C12H13N3O3/c1-6-2-3-18-9(6)11-14-8-4-7(12(16)17)5-13-10(8)15-11/h4-6,9H,2-3H2,1H3,(H,16,17)(H,13,14,15). The number of ether oxygens (including phenoxy) is 1. The number of hydrogen-bond donors (Lipinski definition) is 2. The van der Waals surface area contributed by atoms with Crippen molar-refractivity contribution >= 4 is 17.1 Å². The summed E-state index contributed by atoms with van der Waals surface area (Å²) < 4.78 is 5.62. The van der Waals surface area contributed by atoms with Crippen molar-refractivity contribution in [2.24, 2.45) is 5.92 Å². The van der Waals surface area contributed by atoms with E-state index in [2.05, 4.69) is 21.9 Å². The van der Waals surface area contributed by atoms with E-state index in [0.29, 0.717) is 17.1 Å². The molecule has 1 saturated heterocycles. The number of carbonyl (C=O) groups is 1. The summed E-state index contributed by atoms with van der Waals surface area (Å²) >= 11 is 0. The molecule has 3 rings (SSSR count). The van der Waals surface area contributed by atoms with Crippen LogP contribution in [0.2, 0.25) is 0 Å². The first-order valence-electron chi connectivity index (χ1n) is 5.85. The Morgan fingerprint density at radius 2 is 2.44 bits per heavy atom. The van der Waals surface area contributed by atoms with Crippen LogP contribution in [0.1, 0.15) is 35.6 Å². The van der Waals surface area contributed by atoms with Crippen molar-refractivity contribution in [2.45, 2.75) is 19.4 Å². The molecule has 2 N–H and O–H groups in total. The van der Waals surface area contributed by atoms with Gasteiger partial charge in [0.25, 0.3) is 0 Å². The first-order valence-corrected chi connectivity index (χ1v) is 5.85. The van der Waals surface area contributed by atoms with E-state index in [1.165, 1.54) is 6.20 Å². The van der Waals surface area contributed by atoms with Gasteiger partial charge in [0.2, 0.25) is 0 Å². The molecule has 18 heavy (non-hydrogen) atoms. The van der Waals surface area contributed by atoms with E-state index in [0.717, 1.165) is 18.9 Å². The number of hydrogen-bond acceptors (Lipinski definition) is 4. The fraction of sp³-hybridized carbons (Fsp3) is 0.417. The van der Waals surface area contributed by atoms with E-state index in [-0.39, 0.29) is 11.7 Å². The van der Waals surface area contributed by atoms with Gasteiger partial charge >= 0.3 is 5.97 Å². The molecule has 2 unspecified atom stereocenters. The largest absolute Gasteiger partial charge is 0.478 e. The van der Waals surface area contributed by atoms with E-state index >= 15 is 0 Å². The fourth-order valence-corrected chi connectivity index (χ4v) is 2.22. The molecule has 0 saturated carbocycles. The molecule has 1 fully saturated rings. The molecule has 1 aliphatic heterocycles. The van der Waals surface area contributed by atoms with Gasteiger partial charge in [0.15, 0.2) is 5.65 Å². The predicted molar refractivity (Wildman–Crippen MR) is 63.3 cm³/mol. The maximum atomic E-state index is 10.9. The van der Waals surface area contributed by atoms with Crippen LogP contribution < -0.4 is 0 Å². The van der Waals surface area contributed by atoms with Gasteiger partial charge in [0.1, 0.15) is 11.9 Å². The van der Waals surface area contributed by atoms with Crippen molar-refractivity contribution in [1.82, 2.24) is 15.0 Å². The van der Waals surface area contributed by atoms with Gasteiger partial charge in [0.05, 0.1) is 11.1 Å². The quantitative estimate of drug-likeness (QED) is 0.844. The van der Waals surface area contributed by atoms with Gasteiger partial charge < -0.3 is 14.8 Å². The van der Waals surface area contributed by atoms with E-state index < -0.39 is 5.97 Å². The molecule has 6 heteroatoms. The normalized spacial score (nSPS) is 23.6. The van der Waals surface area contributed by atoms with Crippen LogP contribution in [0.5, 0.6) is 0 Å². The van der Waals surface area contributed by atoms with E-state index in [1.807, 2.05) is 0 Å².